The molecule has 0 unspecified atom stereocenters. The van der Waals surface area contributed by atoms with E-state index in [4.69, 9.17) is 10.9 Å². The fourth-order valence-corrected chi connectivity index (χ4v) is 1.14. The monoisotopic (exact) mass is 239 g/mol. The van der Waals surface area contributed by atoms with E-state index in [0.717, 1.165) is 4.68 Å². The van der Waals surface area contributed by atoms with Crippen LogP contribution >= 0.6 is 0 Å². The summed E-state index contributed by atoms with van der Waals surface area (Å²) < 4.78 is 0.943. The number of hydrogen-bond donors (Lipinski definition) is 3. The van der Waals surface area contributed by atoms with Crippen molar-refractivity contribution in [3.63, 3.8) is 0 Å². The fraction of sp³-hybridized carbons (Fsp3) is 0.333. The molecule has 0 aliphatic carbocycles. The van der Waals surface area contributed by atoms with Crippen molar-refractivity contribution >= 4 is 11.7 Å². The third-order valence-electron chi connectivity index (χ3n) is 1.90. The van der Waals surface area contributed by atoms with Gasteiger partial charge >= 0.3 is 0 Å². The summed E-state index contributed by atoms with van der Waals surface area (Å²) in [7, 11) is 0. The summed E-state index contributed by atoms with van der Waals surface area (Å²) >= 11 is 0. The van der Waals surface area contributed by atoms with Crippen LogP contribution in [0.25, 0.3) is 0 Å². The Bertz CT molecular complexity index is 494. The van der Waals surface area contributed by atoms with Crippen molar-refractivity contribution in [3.05, 3.63) is 28.2 Å². The van der Waals surface area contributed by atoms with E-state index in [-0.39, 0.29) is 24.0 Å². The molecule has 8 heteroatoms. The number of amides is 1. The summed E-state index contributed by atoms with van der Waals surface area (Å²) in [5.41, 5.74) is 5.01. The minimum Gasteiger partial charge on any atom is -0.409 e. The van der Waals surface area contributed by atoms with Gasteiger partial charge in [-0.3, -0.25) is 9.59 Å². The van der Waals surface area contributed by atoms with Gasteiger partial charge in [0.25, 0.3) is 5.56 Å². The molecule has 0 saturated carbocycles. The van der Waals surface area contributed by atoms with Crippen molar-refractivity contribution in [2.75, 3.05) is 6.54 Å². The molecule has 0 bridgehead atoms. The molecule has 0 saturated heterocycles. The highest BCUT2D eigenvalue weighted by molar-refractivity contribution is 5.94. The third-order valence-corrected chi connectivity index (χ3v) is 1.90. The molecule has 1 heterocycles. The Balaban J connectivity index is 2.99. The summed E-state index contributed by atoms with van der Waals surface area (Å²) in [5, 5.41) is 17.6. The first-order valence-corrected chi connectivity index (χ1v) is 4.91. The fourth-order valence-electron chi connectivity index (χ4n) is 1.14. The average Bonchev–Trinajstić information content (AvgIpc) is 2.31. The lowest BCUT2D eigenvalue weighted by Crippen LogP contribution is -2.34. The van der Waals surface area contributed by atoms with Gasteiger partial charge in [0.2, 0.25) is 5.91 Å². The zero-order chi connectivity index (χ0) is 12.8. The average molecular weight is 239 g/mol. The standard InChI is InChI=1S/C9H13N5O3/c1-2-11-7(15)5-14-8(16)4-3-6(12-14)9(10)13-17/h3-4,17H,2,5H2,1H3,(H2,10,13)(H,11,15). The van der Waals surface area contributed by atoms with Crippen molar-refractivity contribution in [2.24, 2.45) is 10.9 Å². The molecule has 0 spiro atoms. The van der Waals surface area contributed by atoms with Gasteiger partial charge in [0.1, 0.15) is 12.2 Å². The number of rotatable bonds is 4. The quantitative estimate of drug-likeness (QED) is 0.255. The van der Waals surface area contributed by atoms with Crippen molar-refractivity contribution in [1.82, 2.24) is 15.1 Å². The summed E-state index contributed by atoms with van der Waals surface area (Å²) in [6, 6.07) is 2.51. The molecule has 0 radical (unpaired) electrons. The van der Waals surface area contributed by atoms with E-state index in [1.165, 1.54) is 12.1 Å². The van der Waals surface area contributed by atoms with Gasteiger partial charge in [0.15, 0.2) is 5.84 Å². The first-order chi connectivity index (χ1) is 8.08. The van der Waals surface area contributed by atoms with Crippen molar-refractivity contribution in [2.45, 2.75) is 13.5 Å². The number of nitrogens with one attached hydrogen (secondary N) is 1. The van der Waals surface area contributed by atoms with E-state index < -0.39 is 5.56 Å². The van der Waals surface area contributed by atoms with Gasteiger partial charge in [-0.2, -0.15) is 5.10 Å². The van der Waals surface area contributed by atoms with Gasteiger partial charge in [0, 0.05) is 12.6 Å². The number of carbonyl (C=O) groups excluding carboxylic acids is 1. The summed E-state index contributed by atoms with van der Waals surface area (Å²) in [5.74, 6) is -0.562. The van der Waals surface area contributed by atoms with Crippen LogP contribution in [0, 0.1) is 0 Å². The van der Waals surface area contributed by atoms with Crippen molar-refractivity contribution in [1.29, 1.82) is 0 Å². The molecular formula is C9H13N5O3. The van der Waals surface area contributed by atoms with Crippen molar-refractivity contribution in [3.8, 4) is 0 Å². The van der Waals surface area contributed by atoms with Crippen LogP contribution in [0.2, 0.25) is 0 Å². The third kappa shape index (κ3) is 3.30. The number of nitrogens with two attached hydrogens (primary N) is 1. The second kappa shape index (κ2) is 5.64. The second-order valence-corrected chi connectivity index (χ2v) is 3.15. The molecule has 92 valence electrons. The van der Waals surface area contributed by atoms with E-state index in [1.807, 2.05) is 0 Å². The van der Waals surface area contributed by atoms with Crippen molar-refractivity contribution < 1.29 is 10.0 Å². The zero-order valence-electron chi connectivity index (χ0n) is 9.25. The maximum absolute atomic E-state index is 11.4. The van der Waals surface area contributed by atoms with Gasteiger partial charge in [-0.25, -0.2) is 4.68 Å². The minimum atomic E-state index is -0.439. The lowest BCUT2D eigenvalue weighted by molar-refractivity contribution is -0.121. The number of hydrogen-bond acceptors (Lipinski definition) is 5. The normalized spacial score (nSPS) is 11.2. The molecular weight excluding hydrogens is 226 g/mol. The highest BCUT2D eigenvalue weighted by Gasteiger charge is 2.07. The van der Waals surface area contributed by atoms with Crippen LogP contribution in [-0.4, -0.2) is 33.3 Å². The Labute approximate surface area is 96.7 Å². The number of likely N-dealkylation sites (N-methyl/N-ethyl adjacent to an activating group) is 1. The number of aromatic nitrogens is 2. The Morgan fingerprint density at radius 3 is 2.94 bits per heavy atom. The largest absolute Gasteiger partial charge is 0.409 e. The summed E-state index contributed by atoms with van der Waals surface area (Å²) in [6.07, 6.45) is 0. The van der Waals surface area contributed by atoms with Gasteiger partial charge in [-0.1, -0.05) is 5.16 Å². The molecule has 0 atom stereocenters. The maximum atomic E-state index is 11.4. The predicted molar refractivity (Wildman–Crippen MR) is 59.7 cm³/mol. The Kier molecular flexibility index (Phi) is 4.21. The first-order valence-electron chi connectivity index (χ1n) is 4.91. The SMILES string of the molecule is CCNC(=O)Cn1nc(/C(N)=N\O)ccc1=O. The number of amidine groups is 1. The van der Waals surface area contributed by atoms with E-state index in [9.17, 15) is 9.59 Å². The highest BCUT2D eigenvalue weighted by atomic mass is 16.4. The topological polar surface area (TPSA) is 123 Å². The Morgan fingerprint density at radius 1 is 1.65 bits per heavy atom. The van der Waals surface area contributed by atoms with E-state index in [2.05, 4.69) is 15.6 Å². The Hall–Kier alpha value is -2.38. The molecule has 1 amide bonds. The van der Waals surface area contributed by atoms with Crippen LogP contribution in [0.1, 0.15) is 12.6 Å². The predicted octanol–water partition coefficient (Wildman–Crippen LogP) is -1.53. The Morgan fingerprint density at radius 2 is 2.35 bits per heavy atom. The summed E-state index contributed by atoms with van der Waals surface area (Å²) in [6.45, 7) is 2.02. The van der Waals surface area contributed by atoms with E-state index >= 15 is 0 Å². The maximum Gasteiger partial charge on any atom is 0.267 e. The van der Waals surface area contributed by atoms with Crippen LogP contribution in [0.15, 0.2) is 22.1 Å². The number of nitrogens with zero attached hydrogens (tertiary/aromatic N) is 3. The van der Waals surface area contributed by atoms with E-state index in [0.29, 0.717) is 6.54 Å². The zero-order valence-corrected chi connectivity index (χ0v) is 9.25. The van der Waals surface area contributed by atoms with Gasteiger partial charge in [-0.15, -0.1) is 0 Å². The molecule has 17 heavy (non-hydrogen) atoms. The van der Waals surface area contributed by atoms with Gasteiger partial charge in [0.05, 0.1) is 0 Å². The van der Waals surface area contributed by atoms with Gasteiger partial charge in [-0.05, 0) is 13.0 Å². The number of carbonyl (C=O) groups is 1. The van der Waals surface area contributed by atoms with Gasteiger partial charge < -0.3 is 16.3 Å². The van der Waals surface area contributed by atoms with Crippen LogP contribution in [0.5, 0.6) is 0 Å². The summed E-state index contributed by atoms with van der Waals surface area (Å²) in [4.78, 5) is 22.7. The molecule has 0 aromatic carbocycles. The highest BCUT2D eigenvalue weighted by Crippen LogP contribution is 1.89. The molecule has 1 aromatic heterocycles. The van der Waals surface area contributed by atoms with Crippen LogP contribution < -0.4 is 16.6 Å². The lowest BCUT2D eigenvalue weighted by Gasteiger charge is -2.05. The second-order valence-electron chi connectivity index (χ2n) is 3.15. The lowest BCUT2D eigenvalue weighted by atomic mass is 10.3. The molecule has 1 aromatic rings. The van der Waals surface area contributed by atoms with Crippen LogP contribution in [-0.2, 0) is 11.3 Å². The molecule has 0 aliphatic rings. The van der Waals surface area contributed by atoms with Crippen LogP contribution in [0.3, 0.4) is 0 Å². The first kappa shape index (κ1) is 12.7. The number of oxime groups is 1. The molecule has 1 rings (SSSR count). The smallest absolute Gasteiger partial charge is 0.267 e. The van der Waals surface area contributed by atoms with Crippen LogP contribution in [0.4, 0.5) is 0 Å². The molecule has 4 N–H and O–H groups in total. The molecule has 0 aliphatic heterocycles. The minimum absolute atomic E-state index is 0.122. The molecule has 8 nitrogen and oxygen atoms in total. The van der Waals surface area contributed by atoms with E-state index in [1.54, 1.807) is 6.92 Å². The molecule has 0 fully saturated rings.